The molecule has 1 N–H and O–H groups in total. The fraction of sp³-hybridized carbons (Fsp3) is 0.643. The van der Waals surface area contributed by atoms with Crippen LogP contribution in [0.3, 0.4) is 0 Å². The Kier molecular flexibility index (Phi) is 4.71. The number of aromatic nitrogens is 1. The van der Waals surface area contributed by atoms with E-state index in [2.05, 4.69) is 34.2 Å². The zero-order chi connectivity index (χ0) is 13.8. The standard InChI is InChI=1S/C14H23FN4/c1-16-9-11-8-12(15)10-17-14(11)19-6-4-13(5-7-19)18(2)3/h8,10,13,16H,4-7,9H2,1-3H3. The van der Waals surface area contributed by atoms with Gasteiger partial charge in [0.2, 0.25) is 0 Å². The molecule has 0 radical (unpaired) electrons. The molecule has 1 saturated heterocycles. The third-order valence-corrected chi connectivity index (χ3v) is 3.77. The zero-order valence-corrected chi connectivity index (χ0v) is 12.0. The third-order valence-electron chi connectivity index (χ3n) is 3.77. The number of piperidine rings is 1. The van der Waals surface area contributed by atoms with Gasteiger partial charge in [-0.2, -0.15) is 0 Å². The highest BCUT2D eigenvalue weighted by Crippen LogP contribution is 2.23. The van der Waals surface area contributed by atoms with E-state index in [1.54, 1.807) is 6.07 Å². The SMILES string of the molecule is CNCc1cc(F)cnc1N1CCC(N(C)C)CC1. The van der Waals surface area contributed by atoms with Crippen LogP contribution in [0, 0.1) is 5.82 Å². The summed E-state index contributed by atoms with van der Waals surface area (Å²) < 4.78 is 13.3. The van der Waals surface area contributed by atoms with Crippen molar-refractivity contribution in [3.8, 4) is 0 Å². The van der Waals surface area contributed by atoms with Crippen LogP contribution < -0.4 is 10.2 Å². The quantitative estimate of drug-likeness (QED) is 0.894. The maximum atomic E-state index is 13.3. The predicted molar refractivity (Wildman–Crippen MR) is 75.9 cm³/mol. The van der Waals surface area contributed by atoms with Gasteiger partial charge in [-0.05, 0) is 40.1 Å². The second-order valence-electron chi connectivity index (χ2n) is 5.35. The lowest BCUT2D eigenvalue weighted by Gasteiger charge is -2.36. The monoisotopic (exact) mass is 266 g/mol. The Morgan fingerprint density at radius 1 is 1.42 bits per heavy atom. The van der Waals surface area contributed by atoms with Gasteiger partial charge in [-0.1, -0.05) is 0 Å². The molecule has 2 heterocycles. The summed E-state index contributed by atoms with van der Waals surface area (Å²) in [5, 5.41) is 3.08. The summed E-state index contributed by atoms with van der Waals surface area (Å²) in [5.41, 5.74) is 0.936. The number of nitrogens with zero attached hydrogens (tertiary/aromatic N) is 3. The normalized spacial score (nSPS) is 17.2. The van der Waals surface area contributed by atoms with Crippen molar-refractivity contribution in [3.05, 3.63) is 23.6 Å². The summed E-state index contributed by atoms with van der Waals surface area (Å²) >= 11 is 0. The molecular weight excluding hydrogens is 243 g/mol. The van der Waals surface area contributed by atoms with Gasteiger partial charge in [-0.15, -0.1) is 0 Å². The Hall–Kier alpha value is -1.20. The number of halogens is 1. The van der Waals surface area contributed by atoms with Crippen LogP contribution in [0.1, 0.15) is 18.4 Å². The topological polar surface area (TPSA) is 31.4 Å². The first-order valence-corrected chi connectivity index (χ1v) is 6.82. The maximum Gasteiger partial charge on any atom is 0.141 e. The van der Waals surface area contributed by atoms with E-state index in [9.17, 15) is 4.39 Å². The average Bonchev–Trinajstić information content (AvgIpc) is 2.39. The fourth-order valence-corrected chi connectivity index (χ4v) is 2.67. The van der Waals surface area contributed by atoms with Crippen LogP contribution in [0.5, 0.6) is 0 Å². The van der Waals surface area contributed by atoms with Crippen molar-refractivity contribution in [3.63, 3.8) is 0 Å². The molecule has 0 unspecified atom stereocenters. The summed E-state index contributed by atoms with van der Waals surface area (Å²) in [4.78, 5) is 8.84. The number of pyridine rings is 1. The molecule has 0 saturated carbocycles. The molecule has 0 aliphatic carbocycles. The smallest absolute Gasteiger partial charge is 0.141 e. The van der Waals surface area contributed by atoms with Crippen LogP contribution in [0.2, 0.25) is 0 Å². The van der Waals surface area contributed by atoms with Crippen molar-refractivity contribution in [1.29, 1.82) is 0 Å². The minimum absolute atomic E-state index is 0.267. The van der Waals surface area contributed by atoms with Crippen LogP contribution in [0.15, 0.2) is 12.3 Å². The second-order valence-corrected chi connectivity index (χ2v) is 5.35. The highest BCUT2D eigenvalue weighted by Gasteiger charge is 2.23. The second kappa shape index (κ2) is 6.30. The van der Waals surface area contributed by atoms with E-state index >= 15 is 0 Å². The van der Waals surface area contributed by atoms with Crippen molar-refractivity contribution in [2.75, 3.05) is 39.1 Å². The van der Waals surface area contributed by atoms with Crippen LogP contribution >= 0.6 is 0 Å². The largest absolute Gasteiger partial charge is 0.356 e. The summed E-state index contributed by atoms with van der Waals surface area (Å²) in [6.07, 6.45) is 3.57. The molecule has 1 aliphatic rings. The minimum Gasteiger partial charge on any atom is -0.356 e. The van der Waals surface area contributed by atoms with Crippen molar-refractivity contribution in [2.45, 2.75) is 25.4 Å². The van der Waals surface area contributed by atoms with Gasteiger partial charge >= 0.3 is 0 Å². The average molecular weight is 266 g/mol. The van der Waals surface area contributed by atoms with Gasteiger partial charge in [0, 0.05) is 31.2 Å². The number of nitrogens with one attached hydrogen (secondary N) is 1. The molecule has 0 atom stereocenters. The zero-order valence-electron chi connectivity index (χ0n) is 12.0. The van der Waals surface area contributed by atoms with Gasteiger partial charge in [0.25, 0.3) is 0 Å². The van der Waals surface area contributed by atoms with E-state index in [-0.39, 0.29) is 5.82 Å². The van der Waals surface area contributed by atoms with E-state index in [0.717, 1.165) is 37.3 Å². The van der Waals surface area contributed by atoms with Crippen molar-refractivity contribution >= 4 is 5.82 Å². The molecule has 2 rings (SSSR count). The molecule has 0 spiro atoms. The highest BCUT2D eigenvalue weighted by molar-refractivity contribution is 5.47. The van der Waals surface area contributed by atoms with E-state index in [4.69, 9.17) is 0 Å². The van der Waals surface area contributed by atoms with Gasteiger partial charge in [0.15, 0.2) is 0 Å². The molecular formula is C14H23FN4. The first-order valence-electron chi connectivity index (χ1n) is 6.82. The third kappa shape index (κ3) is 3.42. The van der Waals surface area contributed by atoms with E-state index in [1.807, 2.05) is 7.05 Å². The molecule has 1 aliphatic heterocycles. The molecule has 106 valence electrons. The Labute approximate surface area is 114 Å². The number of hydrogen-bond donors (Lipinski definition) is 1. The van der Waals surface area contributed by atoms with Crippen molar-refractivity contribution in [2.24, 2.45) is 0 Å². The van der Waals surface area contributed by atoms with Gasteiger partial charge in [0.05, 0.1) is 6.20 Å². The molecule has 1 aromatic heterocycles. The highest BCUT2D eigenvalue weighted by atomic mass is 19.1. The summed E-state index contributed by atoms with van der Waals surface area (Å²) in [7, 11) is 6.12. The van der Waals surface area contributed by atoms with Gasteiger partial charge in [-0.3, -0.25) is 0 Å². The molecule has 1 aromatic rings. The lowest BCUT2D eigenvalue weighted by atomic mass is 10.0. The number of rotatable bonds is 4. The summed E-state index contributed by atoms with van der Waals surface area (Å²) in [6, 6.07) is 2.22. The fourth-order valence-electron chi connectivity index (χ4n) is 2.67. The molecule has 1 fully saturated rings. The Bertz CT molecular complexity index is 414. The van der Waals surface area contributed by atoms with Crippen LogP contribution in [-0.4, -0.2) is 50.2 Å². The number of anilines is 1. The van der Waals surface area contributed by atoms with E-state index in [0.29, 0.717) is 12.6 Å². The number of hydrogen-bond acceptors (Lipinski definition) is 4. The van der Waals surface area contributed by atoms with Crippen molar-refractivity contribution in [1.82, 2.24) is 15.2 Å². The minimum atomic E-state index is -0.267. The van der Waals surface area contributed by atoms with Gasteiger partial charge in [-0.25, -0.2) is 9.37 Å². The van der Waals surface area contributed by atoms with Crippen LogP contribution in [0.25, 0.3) is 0 Å². The Balaban J connectivity index is 2.10. The molecule has 5 heteroatoms. The molecule has 0 aromatic carbocycles. The van der Waals surface area contributed by atoms with Crippen LogP contribution in [-0.2, 0) is 6.54 Å². The molecule has 19 heavy (non-hydrogen) atoms. The first-order chi connectivity index (χ1) is 9.11. The van der Waals surface area contributed by atoms with Gasteiger partial charge in [0.1, 0.15) is 11.6 Å². The Morgan fingerprint density at radius 3 is 2.68 bits per heavy atom. The lowest BCUT2D eigenvalue weighted by molar-refractivity contribution is 0.249. The first kappa shape index (κ1) is 14.2. The summed E-state index contributed by atoms with van der Waals surface area (Å²) in [6.45, 7) is 2.62. The van der Waals surface area contributed by atoms with E-state index < -0.39 is 0 Å². The molecule has 0 amide bonds. The van der Waals surface area contributed by atoms with Gasteiger partial charge < -0.3 is 15.1 Å². The van der Waals surface area contributed by atoms with Crippen molar-refractivity contribution < 1.29 is 4.39 Å². The van der Waals surface area contributed by atoms with Crippen LogP contribution in [0.4, 0.5) is 10.2 Å². The molecule has 4 nitrogen and oxygen atoms in total. The molecule has 0 bridgehead atoms. The Morgan fingerprint density at radius 2 is 2.11 bits per heavy atom. The lowest BCUT2D eigenvalue weighted by Crippen LogP contribution is -2.42. The maximum absolute atomic E-state index is 13.3. The predicted octanol–water partition coefficient (Wildman–Crippen LogP) is 1.47. The van der Waals surface area contributed by atoms with E-state index in [1.165, 1.54) is 6.20 Å². The summed E-state index contributed by atoms with van der Waals surface area (Å²) in [5.74, 6) is 0.658.